The Hall–Kier alpha value is -1.36. The molecule has 3 rings (SSSR count). The van der Waals surface area contributed by atoms with Gasteiger partial charge in [0.05, 0.1) is 10.8 Å². The number of hydrogen-bond acceptors (Lipinski definition) is 6. The molecule has 5 atom stereocenters. The van der Waals surface area contributed by atoms with Crippen LogP contribution in [0.4, 0.5) is 5.69 Å². The first-order valence-electron chi connectivity index (χ1n) is 7.55. The number of nitrogens with zero attached hydrogens (tertiary/aromatic N) is 2. The monoisotopic (exact) mass is 464 g/mol. The number of nitro benzene ring substituents is 1. The molecule has 2 fully saturated rings. The van der Waals surface area contributed by atoms with Gasteiger partial charge in [0.15, 0.2) is 15.6 Å². The van der Waals surface area contributed by atoms with E-state index in [1.54, 1.807) is 6.92 Å². The van der Waals surface area contributed by atoms with Gasteiger partial charge in [-0.1, -0.05) is 15.9 Å². The minimum Gasteiger partial charge on any atom is -0.614 e. The fraction of sp³-hybridized carbons (Fsp3) is 0.467. The topological polar surface area (TPSA) is 113 Å². The Morgan fingerprint density at radius 1 is 1.46 bits per heavy atom. The maximum absolute atomic E-state index is 12.7. The molecular weight excluding hydrogens is 452 g/mol. The number of carbonyl (C=O) groups excluding carboxylic acids is 2. The summed E-state index contributed by atoms with van der Waals surface area (Å²) in [5, 5.41) is 10.0. The van der Waals surface area contributed by atoms with Gasteiger partial charge in [0.2, 0.25) is 11.3 Å². The Bertz CT molecular complexity index is 765. The molecule has 0 saturated carbocycles. The third kappa shape index (κ3) is 2.88. The second-order valence-corrected chi connectivity index (χ2v) is 9.48. The zero-order valence-electron chi connectivity index (χ0n) is 13.5. The maximum Gasteiger partial charge on any atom is 0.334 e. The lowest BCUT2D eigenvalue weighted by molar-refractivity contribution is -0.384. The second-order valence-electron chi connectivity index (χ2n) is 6.22. The Labute approximate surface area is 165 Å². The summed E-state index contributed by atoms with van der Waals surface area (Å²) in [7, 11) is 0. The molecule has 11 heteroatoms. The van der Waals surface area contributed by atoms with Crippen molar-refractivity contribution in [2.24, 2.45) is 0 Å². The Morgan fingerprint density at radius 2 is 2.08 bits per heavy atom. The number of non-ortho nitro benzene ring substituents is 1. The molecule has 2 aliphatic rings. The largest absolute Gasteiger partial charge is 0.614 e. The molecule has 8 nitrogen and oxygen atoms in total. The van der Waals surface area contributed by atoms with Crippen LogP contribution >= 0.6 is 27.5 Å². The van der Waals surface area contributed by atoms with Crippen molar-refractivity contribution in [2.45, 2.75) is 34.5 Å². The first-order valence-corrected chi connectivity index (χ1v) is 10.2. The number of nitro groups is 1. The minimum absolute atomic E-state index is 0.0710. The molecule has 2 saturated heterocycles. The van der Waals surface area contributed by atoms with Crippen LogP contribution in [0.3, 0.4) is 0 Å². The van der Waals surface area contributed by atoms with E-state index >= 15 is 0 Å². The van der Waals surface area contributed by atoms with Gasteiger partial charge in [0.25, 0.3) is 5.69 Å². The van der Waals surface area contributed by atoms with E-state index in [1.165, 1.54) is 29.2 Å². The molecule has 0 aromatic heterocycles. The number of β-lactam (4-membered cyclic amide) rings is 1. The quantitative estimate of drug-likeness (QED) is 0.163. The van der Waals surface area contributed by atoms with Crippen LogP contribution in [0, 0.1) is 10.1 Å². The summed E-state index contributed by atoms with van der Waals surface area (Å²) in [4.78, 5) is 35.5. The Morgan fingerprint density at radius 3 is 2.62 bits per heavy atom. The molecule has 0 N–H and O–H groups in total. The fourth-order valence-corrected chi connectivity index (χ4v) is 6.45. The van der Waals surface area contributed by atoms with E-state index in [-0.39, 0.29) is 24.1 Å². The number of carbonyl (C=O) groups is 2. The van der Waals surface area contributed by atoms with E-state index in [1.807, 2.05) is 0 Å². The highest BCUT2D eigenvalue weighted by Crippen LogP contribution is 2.49. The van der Waals surface area contributed by atoms with Crippen LogP contribution in [0.2, 0.25) is 0 Å². The van der Waals surface area contributed by atoms with Gasteiger partial charge in [-0.05, 0) is 35.8 Å². The molecule has 0 bridgehead atoms. The van der Waals surface area contributed by atoms with Crippen LogP contribution in [0.25, 0.3) is 0 Å². The van der Waals surface area contributed by atoms with Crippen LogP contribution in [-0.4, -0.2) is 53.1 Å². The molecular formula is C15H14BrClN2O6S. The molecule has 2 unspecified atom stereocenters. The molecule has 140 valence electrons. The molecule has 1 aromatic rings. The van der Waals surface area contributed by atoms with Gasteiger partial charge in [-0.2, -0.15) is 0 Å². The van der Waals surface area contributed by atoms with E-state index in [9.17, 15) is 24.3 Å². The summed E-state index contributed by atoms with van der Waals surface area (Å²) in [6.45, 7) is 1.47. The van der Waals surface area contributed by atoms with Gasteiger partial charge in [0, 0.05) is 12.1 Å². The summed E-state index contributed by atoms with van der Waals surface area (Å²) in [5.41, 5.74) is 0.485. The van der Waals surface area contributed by atoms with E-state index in [2.05, 4.69) is 15.9 Å². The third-order valence-electron chi connectivity index (χ3n) is 4.57. The van der Waals surface area contributed by atoms with Crippen molar-refractivity contribution in [3.8, 4) is 0 Å². The summed E-state index contributed by atoms with van der Waals surface area (Å²) in [6.07, 6.45) is 0. The van der Waals surface area contributed by atoms with E-state index in [0.29, 0.717) is 5.56 Å². The summed E-state index contributed by atoms with van der Waals surface area (Å²) < 4.78 is 16.9. The number of fused-ring (bicyclic) bond motifs is 1. The number of alkyl halides is 2. The Balaban J connectivity index is 1.74. The number of benzene rings is 1. The summed E-state index contributed by atoms with van der Waals surface area (Å²) in [6, 6.07) is 4.53. The van der Waals surface area contributed by atoms with E-state index < -0.39 is 43.1 Å². The average Bonchev–Trinajstić information content (AvgIpc) is 2.85. The number of hydrogen-bond donors (Lipinski definition) is 0. The average molecular weight is 466 g/mol. The minimum atomic E-state index is -1.52. The van der Waals surface area contributed by atoms with Crippen molar-refractivity contribution in [3.05, 3.63) is 39.9 Å². The molecule has 26 heavy (non-hydrogen) atoms. The molecule has 2 aliphatic heterocycles. The number of ether oxygens (including phenoxy) is 1. The van der Waals surface area contributed by atoms with Crippen molar-refractivity contribution >= 4 is 56.3 Å². The first kappa shape index (κ1) is 19.4. The predicted octanol–water partition coefficient (Wildman–Crippen LogP) is 1.70. The van der Waals surface area contributed by atoms with Crippen LogP contribution < -0.4 is 0 Å². The standard InChI is InChI=1S/C15H14BrClN2O6S/c1-15(7-17)11(18-12(20)10(16)13(18)26(15)24)14(21)25-6-8-2-4-9(5-3-8)19(22)23/h2-5,10-11,13H,6-7H2,1H3/t10-,11?,13-,15-,26?/m0/s1. The second kappa shape index (κ2) is 6.99. The molecule has 0 aliphatic carbocycles. The van der Waals surface area contributed by atoms with Crippen molar-refractivity contribution < 1.29 is 23.8 Å². The van der Waals surface area contributed by atoms with Crippen LogP contribution in [0.5, 0.6) is 0 Å². The maximum atomic E-state index is 12.7. The summed E-state index contributed by atoms with van der Waals surface area (Å²) in [5.74, 6) is -1.10. The number of amides is 1. The molecule has 1 aromatic carbocycles. The number of rotatable bonds is 5. The number of halogens is 2. The highest BCUT2D eigenvalue weighted by atomic mass is 79.9. The number of esters is 1. The lowest BCUT2D eigenvalue weighted by atomic mass is 9.98. The van der Waals surface area contributed by atoms with Crippen molar-refractivity contribution in [2.75, 3.05) is 5.88 Å². The zero-order valence-corrected chi connectivity index (χ0v) is 16.6. The zero-order chi connectivity index (χ0) is 19.2. The molecule has 1 amide bonds. The van der Waals surface area contributed by atoms with Gasteiger partial charge < -0.3 is 9.29 Å². The van der Waals surface area contributed by atoms with E-state index in [0.717, 1.165) is 0 Å². The lowest BCUT2D eigenvalue weighted by Gasteiger charge is -2.38. The fourth-order valence-electron chi connectivity index (χ4n) is 3.05. The van der Waals surface area contributed by atoms with Gasteiger partial charge in [0.1, 0.15) is 6.61 Å². The van der Waals surface area contributed by atoms with Gasteiger partial charge in [-0.15, -0.1) is 11.6 Å². The lowest BCUT2D eigenvalue weighted by Crippen LogP contribution is -2.64. The van der Waals surface area contributed by atoms with Crippen LogP contribution in [0.1, 0.15) is 12.5 Å². The van der Waals surface area contributed by atoms with Crippen LogP contribution in [-0.2, 0) is 32.1 Å². The molecule has 0 spiro atoms. The summed E-state index contributed by atoms with van der Waals surface area (Å²) >= 11 is 7.65. The molecule has 0 radical (unpaired) electrons. The SMILES string of the molecule is C[C@]1(CCl)C(C(=O)OCc2ccc([N+](=O)[O-])cc2)N2C(=O)[C@H](Br)[C@@H]2[S+]1[O-]. The normalized spacial score (nSPS) is 32.8. The van der Waals surface area contributed by atoms with Crippen molar-refractivity contribution in [3.63, 3.8) is 0 Å². The van der Waals surface area contributed by atoms with E-state index in [4.69, 9.17) is 16.3 Å². The van der Waals surface area contributed by atoms with Crippen molar-refractivity contribution in [1.82, 2.24) is 4.90 Å². The highest BCUT2D eigenvalue weighted by Gasteiger charge is 2.73. The van der Waals surface area contributed by atoms with Crippen LogP contribution in [0.15, 0.2) is 24.3 Å². The predicted molar refractivity (Wildman–Crippen MR) is 97.3 cm³/mol. The third-order valence-corrected chi connectivity index (χ3v) is 8.75. The van der Waals surface area contributed by atoms with Gasteiger partial charge in [-0.25, -0.2) is 4.79 Å². The van der Waals surface area contributed by atoms with Crippen molar-refractivity contribution in [1.29, 1.82) is 0 Å². The highest BCUT2D eigenvalue weighted by molar-refractivity contribution is 9.10. The Kier molecular flexibility index (Phi) is 5.22. The van der Waals surface area contributed by atoms with Gasteiger partial charge in [-0.3, -0.25) is 19.8 Å². The van der Waals surface area contributed by atoms with Gasteiger partial charge >= 0.3 is 5.97 Å². The smallest absolute Gasteiger partial charge is 0.334 e. The molecule has 2 heterocycles. The first-order chi connectivity index (χ1) is 12.2.